The molecule has 0 bridgehead atoms. The first-order valence-corrected chi connectivity index (χ1v) is 11.3. The van der Waals surface area contributed by atoms with Crippen LogP contribution in [0, 0.1) is 6.92 Å². The smallest absolute Gasteiger partial charge is 0.216 e. The van der Waals surface area contributed by atoms with Crippen LogP contribution in [0.25, 0.3) is 65.6 Å². The second-order valence-electron chi connectivity index (χ2n) is 8.93. The highest BCUT2D eigenvalue weighted by molar-refractivity contribution is 6.17. The predicted molar refractivity (Wildman–Crippen MR) is 138 cm³/mol. The first-order chi connectivity index (χ1) is 16.2. The number of pyridine rings is 1. The van der Waals surface area contributed by atoms with E-state index in [1.54, 1.807) is 0 Å². The molecule has 0 spiro atoms. The Balaban J connectivity index is 1.59. The average molecular weight is 425 g/mol. The molecule has 0 atom stereocenters. The van der Waals surface area contributed by atoms with Crippen molar-refractivity contribution in [2.45, 2.75) is 6.92 Å². The van der Waals surface area contributed by atoms with Crippen molar-refractivity contribution < 1.29 is 8.98 Å². The van der Waals surface area contributed by atoms with Gasteiger partial charge >= 0.3 is 0 Å². The van der Waals surface area contributed by atoms with Gasteiger partial charge in [-0.15, -0.1) is 0 Å². The summed E-state index contributed by atoms with van der Waals surface area (Å²) in [6.45, 7) is 2.17. The molecule has 0 saturated heterocycles. The van der Waals surface area contributed by atoms with Gasteiger partial charge in [0, 0.05) is 28.3 Å². The molecule has 7 aromatic rings. The van der Waals surface area contributed by atoms with Gasteiger partial charge in [0.15, 0.2) is 0 Å². The molecule has 2 heterocycles. The van der Waals surface area contributed by atoms with E-state index in [0.29, 0.717) is 0 Å². The van der Waals surface area contributed by atoms with E-state index < -0.39 is 0 Å². The third kappa shape index (κ3) is 2.58. The topological polar surface area (TPSA) is 17.0 Å². The number of benzene rings is 5. The minimum atomic E-state index is 0.934. The van der Waals surface area contributed by atoms with Gasteiger partial charge in [-0.25, -0.2) is 0 Å². The summed E-state index contributed by atoms with van der Waals surface area (Å²) in [7, 11) is 2.14. The van der Waals surface area contributed by atoms with Crippen molar-refractivity contribution in [3.63, 3.8) is 0 Å². The SMILES string of the molecule is Cc1ccc2c(oc3cc4c(ccc5ccccc54)cc32)c1-c1ccc2ccccc2[n+]1C. The van der Waals surface area contributed by atoms with Crippen molar-refractivity contribution in [1.29, 1.82) is 0 Å². The van der Waals surface area contributed by atoms with Gasteiger partial charge in [0.1, 0.15) is 18.2 Å². The molecule has 2 aromatic heterocycles. The van der Waals surface area contributed by atoms with Crippen LogP contribution in [0.5, 0.6) is 0 Å². The molecule has 0 fully saturated rings. The lowest BCUT2D eigenvalue weighted by atomic mass is 9.98. The fourth-order valence-electron chi connectivity index (χ4n) is 5.35. The van der Waals surface area contributed by atoms with Gasteiger partial charge in [0.2, 0.25) is 11.2 Å². The van der Waals surface area contributed by atoms with E-state index in [9.17, 15) is 0 Å². The van der Waals surface area contributed by atoms with Crippen LogP contribution < -0.4 is 4.57 Å². The Bertz CT molecular complexity index is 1890. The number of aromatic nitrogens is 1. The van der Waals surface area contributed by atoms with Crippen LogP contribution in [-0.4, -0.2) is 0 Å². The summed E-state index contributed by atoms with van der Waals surface area (Å²) < 4.78 is 8.90. The van der Waals surface area contributed by atoms with E-state index in [0.717, 1.165) is 33.2 Å². The highest BCUT2D eigenvalue weighted by atomic mass is 16.3. The Morgan fingerprint density at radius 1 is 0.606 bits per heavy atom. The van der Waals surface area contributed by atoms with Crippen LogP contribution in [0.4, 0.5) is 0 Å². The number of furan rings is 1. The molecule has 0 aliphatic carbocycles. The zero-order valence-electron chi connectivity index (χ0n) is 18.6. The first-order valence-electron chi connectivity index (χ1n) is 11.3. The quantitative estimate of drug-likeness (QED) is 0.194. The van der Waals surface area contributed by atoms with Crippen LogP contribution in [-0.2, 0) is 7.05 Å². The molecule has 156 valence electrons. The maximum absolute atomic E-state index is 6.63. The molecule has 2 nitrogen and oxygen atoms in total. The summed E-state index contributed by atoms with van der Waals surface area (Å²) in [5.41, 5.74) is 6.62. The molecular weight excluding hydrogens is 402 g/mol. The molecule has 5 aromatic carbocycles. The van der Waals surface area contributed by atoms with Crippen LogP contribution in [0.3, 0.4) is 0 Å². The van der Waals surface area contributed by atoms with Gasteiger partial charge in [-0.2, -0.15) is 4.57 Å². The zero-order chi connectivity index (χ0) is 22.1. The third-order valence-corrected chi connectivity index (χ3v) is 7.05. The average Bonchev–Trinajstić information content (AvgIpc) is 3.21. The summed E-state index contributed by atoms with van der Waals surface area (Å²) in [4.78, 5) is 0. The fraction of sp³-hybridized carbons (Fsp3) is 0.0645. The first kappa shape index (κ1) is 18.4. The molecule has 0 saturated carbocycles. The Morgan fingerprint density at radius 2 is 1.36 bits per heavy atom. The van der Waals surface area contributed by atoms with Gasteiger partial charge in [-0.05, 0) is 58.3 Å². The van der Waals surface area contributed by atoms with Crippen molar-refractivity contribution in [3.05, 3.63) is 103 Å². The van der Waals surface area contributed by atoms with E-state index in [-0.39, 0.29) is 0 Å². The Hall–Kier alpha value is -4.17. The number of aryl methyl sites for hydroxylation is 2. The number of fused-ring (bicyclic) bond motifs is 7. The third-order valence-electron chi connectivity index (χ3n) is 7.05. The van der Waals surface area contributed by atoms with E-state index in [2.05, 4.69) is 116 Å². The van der Waals surface area contributed by atoms with E-state index in [1.165, 1.54) is 38.0 Å². The largest absolute Gasteiger partial charge is 0.455 e. The molecule has 0 N–H and O–H groups in total. The van der Waals surface area contributed by atoms with Gasteiger partial charge < -0.3 is 4.42 Å². The van der Waals surface area contributed by atoms with Crippen LogP contribution in [0.2, 0.25) is 0 Å². The Labute approximate surface area is 191 Å². The van der Waals surface area contributed by atoms with Crippen molar-refractivity contribution >= 4 is 54.4 Å². The molecule has 33 heavy (non-hydrogen) atoms. The van der Waals surface area contributed by atoms with Crippen LogP contribution in [0.1, 0.15) is 5.56 Å². The Kier molecular flexibility index (Phi) is 3.72. The predicted octanol–water partition coefficient (Wildman–Crippen LogP) is 7.85. The van der Waals surface area contributed by atoms with Crippen molar-refractivity contribution in [3.8, 4) is 11.3 Å². The van der Waals surface area contributed by atoms with Gasteiger partial charge in [-0.1, -0.05) is 60.7 Å². The van der Waals surface area contributed by atoms with Crippen LogP contribution in [0.15, 0.2) is 101 Å². The zero-order valence-corrected chi connectivity index (χ0v) is 18.6. The number of nitrogens with zero attached hydrogens (tertiary/aromatic N) is 1. The maximum Gasteiger partial charge on any atom is 0.216 e. The molecule has 0 unspecified atom stereocenters. The molecule has 0 aliphatic rings. The maximum atomic E-state index is 6.63. The van der Waals surface area contributed by atoms with E-state index in [1.807, 2.05) is 0 Å². The summed E-state index contributed by atoms with van der Waals surface area (Å²) in [5, 5.41) is 8.54. The van der Waals surface area contributed by atoms with Crippen molar-refractivity contribution in [2.24, 2.45) is 7.05 Å². The van der Waals surface area contributed by atoms with Crippen molar-refractivity contribution in [2.75, 3.05) is 0 Å². The fourth-order valence-corrected chi connectivity index (χ4v) is 5.35. The van der Waals surface area contributed by atoms with E-state index in [4.69, 9.17) is 4.42 Å². The van der Waals surface area contributed by atoms with E-state index >= 15 is 0 Å². The standard InChI is InChI=1S/C31H22NO/c1-19-11-15-24-26-17-22-13-12-20-7-3-5-9-23(20)25(22)18-29(26)33-31(24)30(19)28-16-14-21-8-4-6-10-27(21)32(28)2/h3-18H,1-2H3/q+1. The van der Waals surface area contributed by atoms with Gasteiger partial charge in [-0.3, -0.25) is 0 Å². The monoisotopic (exact) mass is 424 g/mol. The minimum absolute atomic E-state index is 0.934. The summed E-state index contributed by atoms with van der Waals surface area (Å²) >= 11 is 0. The van der Waals surface area contributed by atoms with Gasteiger partial charge in [0.25, 0.3) is 0 Å². The molecular formula is C31H22NO+. The lowest BCUT2D eigenvalue weighted by molar-refractivity contribution is -0.633. The lowest BCUT2D eigenvalue weighted by Gasteiger charge is -2.07. The van der Waals surface area contributed by atoms with Crippen molar-refractivity contribution in [1.82, 2.24) is 0 Å². The summed E-state index contributed by atoms with van der Waals surface area (Å²) in [6, 6.07) is 34.8. The second-order valence-corrected chi connectivity index (χ2v) is 8.93. The number of hydrogen-bond acceptors (Lipinski definition) is 1. The second kappa shape index (κ2) is 6.66. The number of hydrogen-bond donors (Lipinski definition) is 0. The number of para-hydroxylation sites is 1. The minimum Gasteiger partial charge on any atom is -0.455 e. The molecule has 0 amide bonds. The van der Waals surface area contributed by atoms with Gasteiger partial charge in [0.05, 0.1) is 5.56 Å². The normalized spacial score (nSPS) is 11.9. The highest BCUT2D eigenvalue weighted by Gasteiger charge is 2.22. The Morgan fingerprint density at radius 3 is 2.27 bits per heavy atom. The molecule has 2 heteroatoms. The number of rotatable bonds is 1. The highest BCUT2D eigenvalue weighted by Crippen LogP contribution is 2.39. The molecule has 0 aliphatic heterocycles. The molecule has 7 rings (SSSR count). The summed E-state index contributed by atoms with van der Waals surface area (Å²) in [5.74, 6) is 0. The lowest BCUT2D eigenvalue weighted by Crippen LogP contribution is -2.32. The molecule has 0 radical (unpaired) electrons. The summed E-state index contributed by atoms with van der Waals surface area (Å²) in [6.07, 6.45) is 0. The van der Waals surface area contributed by atoms with Crippen LogP contribution >= 0.6 is 0 Å².